The fourth-order valence-electron chi connectivity index (χ4n) is 3.34. The van der Waals surface area contributed by atoms with E-state index in [2.05, 4.69) is 21.0 Å². The van der Waals surface area contributed by atoms with Crippen molar-refractivity contribution < 1.29 is 14.9 Å². The zero-order valence-electron chi connectivity index (χ0n) is 15.7. The maximum Gasteiger partial charge on any atom is 0.178 e. The molecule has 1 aliphatic heterocycles. The Hall–Kier alpha value is -2.55. The third-order valence-corrected chi connectivity index (χ3v) is 4.68. The summed E-state index contributed by atoms with van der Waals surface area (Å²) in [6.45, 7) is 5.92. The SMILES string of the molecule is COCCc1ccc(-c2c(C)nc3c(N4CCOCC4)ccnn23)cn1.O. The second-order valence-electron chi connectivity index (χ2n) is 6.38. The first-order chi connectivity index (χ1) is 12.8. The molecule has 4 rings (SSSR count). The highest BCUT2D eigenvalue weighted by Crippen LogP contribution is 2.28. The molecule has 0 aliphatic carbocycles. The Kier molecular flexibility index (Phi) is 6.00. The minimum absolute atomic E-state index is 0. The lowest BCUT2D eigenvalue weighted by Gasteiger charge is -2.28. The molecular formula is C19H25N5O3. The molecule has 3 aromatic rings. The Bertz CT molecular complexity index is 888. The number of aromatic nitrogens is 4. The lowest BCUT2D eigenvalue weighted by molar-refractivity contribution is 0.123. The second kappa shape index (κ2) is 8.43. The molecular weight excluding hydrogens is 346 g/mol. The Morgan fingerprint density at radius 1 is 1.19 bits per heavy atom. The van der Waals surface area contributed by atoms with Gasteiger partial charge in [0.15, 0.2) is 5.65 Å². The van der Waals surface area contributed by atoms with Crippen LogP contribution in [0.4, 0.5) is 5.69 Å². The van der Waals surface area contributed by atoms with Crippen LogP contribution in [0.3, 0.4) is 0 Å². The van der Waals surface area contributed by atoms with E-state index >= 15 is 0 Å². The molecule has 1 fully saturated rings. The zero-order chi connectivity index (χ0) is 17.9. The molecule has 1 aliphatic rings. The summed E-state index contributed by atoms with van der Waals surface area (Å²) in [5, 5.41) is 4.55. The van der Waals surface area contributed by atoms with E-state index in [0.717, 1.165) is 66.7 Å². The summed E-state index contributed by atoms with van der Waals surface area (Å²) >= 11 is 0. The zero-order valence-corrected chi connectivity index (χ0v) is 15.7. The first-order valence-corrected chi connectivity index (χ1v) is 8.89. The van der Waals surface area contributed by atoms with Crippen LogP contribution in [0.25, 0.3) is 16.9 Å². The molecule has 144 valence electrons. The number of methoxy groups -OCH3 is 1. The van der Waals surface area contributed by atoms with E-state index < -0.39 is 0 Å². The van der Waals surface area contributed by atoms with E-state index in [0.29, 0.717) is 6.61 Å². The largest absolute Gasteiger partial charge is 0.412 e. The van der Waals surface area contributed by atoms with Gasteiger partial charge in [-0.15, -0.1) is 0 Å². The average Bonchev–Trinajstić information content (AvgIpc) is 3.03. The summed E-state index contributed by atoms with van der Waals surface area (Å²) in [5.41, 5.74) is 5.95. The highest BCUT2D eigenvalue weighted by atomic mass is 16.5. The standard InChI is InChI=1S/C19H23N5O2.H2O/c1-14-18(15-3-4-16(20-13-15)6-10-25-2)24-19(22-14)17(5-7-21-24)23-8-11-26-12-9-23;/h3-5,7,13H,6,8-12H2,1-2H3;1H2. The molecule has 0 saturated carbocycles. The van der Waals surface area contributed by atoms with Crippen molar-refractivity contribution in [1.82, 2.24) is 19.6 Å². The average molecular weight is 371 g/mol. The van der Waals surface area contributed by atoms with Crippen LogP contribution in [-0.2, 0) is 15.9 Å². The Balaban J connectivity index is 0.00000210. The van der Waals surface area contributed by atoms with Gasteiger partial charge >= 0.3 is 0 Å². The number of hydrogen-bond donors (Lipinski definition) is 0. The highest BCUT2D eigenvalue weighted by Gasteiger charge is 2.19. The minimum Gasteiger partial charge on any atom is -0.412 e. The van der Waals surface area contributed by atoms with Crippen LogP contribution in [0.1, 0.15) is 11.4 Å². The van der Waals surface area contributed by atoms with Crippen molar-refractivity contribution in [3.63, 3.8) is 0 Å². The molecule has 3 aromatic heterocycles. The number of rotatable bonds is 5. The van der Waals surface area contributed by atoms with Crippen LogP contribution < -0.4 is 4.90 Å². The van der Waals surface area contributed by atoms with E-state index in [1.807, 2.05) is 36.0 Å². The molecule has 27 heavy (non-hydrogen) atoms. The summed E-state index contributed by atoms with van der Waals surface area (Å²) in [7, 11) is 1.70. The van der Waals surface area contributed by atoms with Gasteiger partial charge in [-0.1, -0.05) is 0 Å². The summed E-state index contributed by atoms with van der Waals surface area (Å²) in [6.07, 6.45) is 4.54. The summed E-state index contributed by atoms with van der Waals surface area (Å²) in [4.78, 5) is 11.7. The van der Waals surface area contributed by atoms with Crippen LogP contribution in [0.15, 0.2) is 30.6 Å². The van der Waals surface area contributed by atoms with Gasteiger partial charge in [0.05, 0.1) is 43.1 Å². The van der Waals surface area contributed by atoms with Crippen LogP contribution in [-0.4, -0.2) is 65.1 Å². The van der Waals surface area contributed by atoms with Gasteiger partial charge in [-0.05, 0) is 25.1 Å². The molecule has 4 heterocycles. The lowest BCUT2D eigenvalue weighted by Crippen LogP contribution is -2.36. The normalized spacial score (nSPS) is 14.4. The molecule has 0 unspecified atom stereocenters. The number of aryl methyl sites for hydroxylation is 1. The molecule has 0 radical (unpaired) electrons. The van der Waals surface area contributed by atoms with Crippen LogP contribution in [0, 0.1) is 6.92 Å². The maximum atomic E-state index is 5.47. The topological polar surface area (TPSA) is 96.3 Å². The molecule has 0 atom stereocenters. The van der Waals surface area contributed by atoms with E-state index in [4.69, 9.17) is 14.5 Å². The quantitative estimate of drug-likeness (QED) is 0.671. The molecule has 0 bridgehead atoms. The number of anilines is 1. The van der Waals surface area contributed by atoms with Gasteiger partial charge in [0.1, 0.15) is 0 Å². The van der Waals surface area contributed by atoms with Crippen molar-refractivity contribution in [2.45, 2.75) is 13.3 Å². The highest BCUT2D eigenvalue weighted by molar-refractivity contribution is 5.75. The molecule has 0 amide bonds. The number of fused-ring (bicyclic) bond motifs is 1. The number of ether oxygens (including phenoxy) is 2. The molecule has 8 nitrogen and oxygen atoms in total. The number of pyridine rings is 1. The van der Waals surface area contributed by atoms with Crippen molar-refractivity contribution in [1.29, 1.82) is 0 Å². The van der Waals surface area contributed by atoms with Gasteiger partial charge in [-0.25, -0.2) is 9.50 Å². The fraction of sp³-hybridized carbons (Fsp3) is 0.421. The monoisotopic (exact) mass is 371 g/mol. The summed E-state index contributed by atoms with van der Waals surface area (Å²) in [6, 6.07) is 6.15. The third kappa shape index (κ3) is 3.78. The Morgan fingerprint density at radius 3 is 2.70 bits per heavy atom. The summed E-state index contributed by atoms with van der Waals surface area (Å²) < 4.78 is 12.5. The number of morpholine rings is 1. The predicted octanol–water partition coefficient (Wildman–Crippen LogP) is 1.30. The number of nitrogens with zero attached hydrogens (tertiary/aromatic N) is 5. The van der Waals surface area contributed by atoms with E-state index in [-0.39, 0.29) is 5.48 Å². The van der Waals surface area contributed by atoms with E-state index in [9.17, 15) is 0 Å². The Labute approximate surface area is 158 Å². The van der Waals surface area contributed by atoms with Crippen molar-refractivity contribution in [2.24, 2.45) is 0 Å². The van der Waals surface area contributed by atoms with Gasteiger partial charge in [-0.2, -0.15) is 5.10 Å². The summed E-state index contributed by atoms with van der Waals surface area (Å²) in [5.74, 6) is 0. The first kappa shape index (κ1) is 19.2. The molecule has 2 N–H and O–H groups in total. The number of hydrogen-bond acceptors (Lipinski definition) is 6. The molecule has 1 saturated heterocycles. The maximum absolute atomic E-state index is 5.47. The van der Waals surface area contributed by atoms with Gasteiger partial charge in [0.2, 0.25) is 0 Å². The van der Waals surface area contributed by atoms with Crippen molar-refractivity contribution in [3.05, 3.63) is 42.0 Å². The van der Waals surface area contributed by atoms with E-state index in [1.165, 1.54) is 0 Å². The number of imidazole rings is 1. The minimum atomic E-state index is 0. The van der Waals surface area contributed by atoms with Crippen molar-refractivity contribution in [2.75, 3.05) is 44.9 Å². The molecule has 8 heteroatoms. The third-order valence-electron chi connectivity index (χ3n) is 4.68. The van der Waals surface area contributed by atoms with Gasteiger partial charge in [0.25, 0.3) is 0 Å². The van der Waals surface area contributed by atoms with Crippen molar-refractivity contribution >= 4 is 11.3 Å². The van der Waals surface area contributed by atoms with Gasteiger partial charge < -0.3 is 19.8 Å². The van der Waals surface area contributed by atoms with Crippen LogP contribution >= 0.6 is 0 Å². The van der Waals surface area contributed by atoms with E-state index in [1.54, 1.807) is 7.11 Å². The second-order valence-corrected chi connectivity index (χ2v) is 6.38. The van der Waals surface area contributed by atoms with Crippen LogP contribution in [0.5, 0.6) is 0 Å². The van der Waals surface area contributed by atoms with Crippen LogP contribution in [0.2, 0.25) is 0 Å². The van der Waals surface area contributed by atoms with Gasteiger partial charge in [0, 0.05) is 44.1 Å². The van der Waals surface area contributed by atoms with Crippen molar-refractivity contribution in [3.8, 4) is 11.3 Å². The fourth-order valence-corrected chi connectivity index (χ4v) is 3.34. The smallest absolute Gasteiger partial charge is 0.178 e. The Morgan fingerprint density at radius 2 is 2.00 bits per heavy atom. The van der Waals surface area contributed by atoms with Gasteiger partial charge in [-0.3, -0.25) is 4.98 Å². The predicted molar refractivity (Wildman–Crippen MR) is 103 cm³/mol. The molecule has 0 spiro atoms. The molecule has 0 aromatic carbocycles. The first-order valence-electron chi connectivity index (χ1n) is 8.89. The lowest BCUT2D eigenvalue weighted by atomic mass is 10.1.